The van der Waals surface area contributed by atoms with Crippen LogP contribution in [0.4, 0.5) is 10.5 Å². The number of carbonyl (C=O) groups is 1. The lowest BCUT2D eigenvalue weighted by Crippen LogP contribution is -2.61. The molecule has 2 aliphatic rings. The molecule has 15 heavy (non-hydrogen) atoms. The van der Waals surface area contributed by atoms with Crippen molar-refractivity contribution < 1.29 is 9.53 Å². The molecule has 2 aliphatic heterocycles. The highest BCUT2D eigenvalue weighted by Gasteiger charge is 2.47. The molecule has 0 unspecified atom stereocenters. The maximum absolute atomic E-state index is 11.4. The summed E-state index contributed by atoms with van der Waals surface area (Å²) in [5, 5.41) is 5.91. The van der Waals surface area contributed by atoms with Gasteiger partial charge in [-0.3, -0.25) is 5.32 Å². The summed E-state index contributed by atoms with van der Waals surface area (Å²) in [5.41, 5.74) is 2.65. The third-order valence-corrected chi connectivity index (χ3v) is 3.10. The second-order valence-electron chi connectivity index (χ2n) is 4.11. The van der Waals surface area contributed by atoms with Crippen molar-refractivity contribution in [2.45, 2.75) is 12.5 Å². The monoisotopic (exact) mass is 204 g/mol. The Bertz CT molecular complexity index is 438. The van der Waals surface area contributed by atoms with Gasteiger partial charge in [0.2, 0.25) is 0 Å². The van der Waals surface area contributed by atoms with Gasteiger partial charge in [0.15, 0.2) is 5.60 Å². The van der Waals surface area contributed by atoms with E-state index in [4.69, 9.17) is 4.74 Å². The average molecular weight is 204 g/mol. The molecule has 0 atom stereocenters. The van der Waals surface area contributed by atoms with Crippen molar-refractivity contribution in [3.05, 3.63) is 29.3 Å². The highest BCUT2D eigenvalue weighted by molar-refractivity contribution is 5.90. The summed E-state index contributed by atoms with van der Waals surface area (Å²) in [4.78, 5) is 11.4. The Labute approximate surface area is 87.6 Å². The van der Waals surface area contributed by atoms with E-state index in [9.17, 15) is 4.79 Å². The molecule has 78 valence electrons. The highest BCUT2D eigenvalue weighted by Crippen LogP contribution is 2.40. The van der Waals surface area contributed by atoms with E-state index in [1.807, 2.05) is 25.1 Å². The smallest absolute Gasteiger partial charge is 0.412 e. The van der Waals surface area contributed by atoms with Crippen LogP contribution in [0.5, 0.6) is 0 Å². The minimum atomic E-state index is -0.427. The molecule has 0 saturated carbocycles. The predicted molar refractivity (Wildman–Crippen MR) is 55.8 cm³/mol. The van der Waals surface area contributed by atoms with Crippen LogP contribution in [0.3, 0.4) is 0 Å². The Kier molecular flexibility index (Phi) is 1.59. The summed E-state index contributed by atoms with van der Waals surface area (Å²) >= 11 is 0. The third kappa shape index (κ3) is 1.08. The number of aryl methyl sites for hydroxylation is 1. The summed E-state index contributed by atoms with van der Waals surface area (Å²) < 4.78 is 5.38. The lowest BCUT2D eigenvalue weighted by molar-refractivity contribution is -0.0297. The molecule has 1 fully saturated rings. The highest BCUT2D eigenvalue weighted by atomic mass is 16.6. The first-order valence-corrected chi connectivity index (χ1v) is 5.02. The van der Waals surface area contributed by atoms with Gasteiger partial charge in [0.05, 0.1) is 5.69 Å². The molecule has 3 rings (SSSR count). The Balaban J connectivity index is 2.18. The van der Waals surface area contributed by atoms with Crippen molar-refractivity contribution in [3.63, 3.8) is 0 Å². The fourth-order valence-electron chi connectivity index (χ4n) is 2.19. The van der Waals surface area contributed by atoms with Crippen LogP contribution >= 0.6 is 0 Å². The van der Waals surface area contributed by atoms with Gasteiger partial charge in [0.25, 0.3) is 0 Å². The van der Waals surface area contributed by atoms with Gasteiger partial charge in [-0.1, -0.05) is 18.2 Å². The molecule has 1 amide bonds. The minimum Gasteiger partial charge on any atom is -0.435 e. The Morgan fingerprint density at radius 1 is 1.40 bits per heavy atom. The maximum Gasteiger partial charge on any atom is 0.412 e. The van der Waals surface area contributed by atoms with E-state index in [-0.39, 0.29) is 6.09 Å². The van der Waals surface area contributed by atoms with Gasteiger partial charge in [-0.05, 0) is 12.5 Å². The number of fused-ring (bicyclic) bond motifs is 2. The van der Waals surface area contributed by atoms with Gasteiger partial charge in [0.1, 0.15) is 0 Å². The summed E-state index contributed by atoms with van der Waals surface area (Å²) in [6.07, 6.45) is -0.349. The molecule has 0 aromatic heterocycles. The predicted octanol–water partition coefficient (Wildman–Crippen LogP) is 1.36. The summed E-state index contributed by atoms with van der Waals surface area (Å²) in [6.45, 7) is 3.40. The van der Waals surface area contributed by atoms with E-state index >= 15 is 0 Å². The van der Waals surface area contributed by atoms with Crippen LogP contribution in [0.15, 0.2) is 18.2 Å². The zero-order valence-corrected chi connectivity index (χ0v) is 8.46. The third-order valence-electron chi connectivity index (χ3n) is 3.10. The van der Waals surface area contributed by atoms with E-state index in [1.165, 1.54) is 0 Å². The lowest BCUT2D eigenvalue weighted by atomic mass is 9.84. The van der Waals surface area contributed by atoms with Crippen molar-refractivity contribution in [1.82, 2.24) is 5.32 Å². The van der Waals surface area contributed by atoms with Gasteiger partial charge < -0.3 is 10.1 Å². The molecule has 1 spiro atoms. The van der Waals surface area contributed by atoms with E-state index in [0.717, 1.165) is 16.8 Å². The SMILES string of the molecule is Cc1cccc2c1NC(=O)OC21CNC1. The number of anilines is 1. The molecule has 1 aromatic rings. The standard InChI is InChI=1S/C11H12N2O2/c1-7-3-2-4-8-9(7)13-10(14)15-11(8)5-12-6-11/h2-4,12H,5-6H2,1H3,(H,13,14). The molecular weight excluding hydrogens is 192 g/mol. The normalized spacial score (nSPS) is 21.3. The Morgan fingerprint density at radius 2 is 2.20 bits per heavy atom. The van der Waals surface area contributed by atoms with E-state index < -0.39 is 5.60 Å². The van der Waals surface area contributed by atoms with Gasteiger partial charge in [-0.25, -0.2) is 4.79 Å². The molecule has 0 aliphatic carbocycles. The van der Waals surface area contributed by atoms with E-state index in [2.05, 4.69) is 10.6 Å². The summed E-state index contributed by atoms with van der Waals surface area (Å²) in [5.74, 6) is 0. The Hall–Kier alpha value is -1.55. The minimum absolute atomic E-state index is 0.349. The summed E-state index contributed by atoms with van der Waals surface area (Å²) in [7, 11) is 0. The van der Waals surface area contributed by atoms with Crippen molar-refractivity contribution in [2.75, 3.05) is 18.4 Å². The van der Waals surface area contributed by atoms with Crippen LogP contribution in [0.1, 0.15) is 11.1 Å². The first-order chi connectivity index (χ1) is 7.21. The largest absolute Gasteiger partial charge is 0.435 e. The van der Waals surface area contributed by atoms with Gasteiger partial charge in [-0.2, -0.15) is 0 Å². The topological polar surface area (TPSA) is 50.4 Å². The van der Waals surface area contributed by atoms with Crippen LogP contribution in [0, 0.1) is 6.92 Å². The molecule has 4 heteroatoms. The molecule has 0 bridgehead atoms. The molecule has 0 radical (unpaired) electrons. The number of rotatable bonds is 0. The number of amides is 1. The van der Waals surface area contributed by atoms with Crippen molar-refractivity contribution in [3.8, 4) is 0 Å². The lowest BCUT2D eigenvalue weighted by Gasteiger charge is -2.45. The van der Waals surface area contributed by atoms with Gasteiger partial charge in [-0.15, -0.1) is 0 Å². The number of carbonyl (C=O) groups excluding carboxylic acids is 1. The number of ether oxygens (including phenoxy) is 1. The Morgan fingerprint density at radius 3 is 2.87 bits per heavy atom. The molecule has 2 heterocycles. The van der Waals surface area contributed by atoms with E-state index in [0.29, 0.717) is 13.1 Å². The molecule has 2 N–H and O–H groups in total. The second-order valence-corrected chi connectivity index (χ2v) is 4.11. The van der Waals surface area contributed by atoms with Crippen LogP contribution < -0.4 is 10.6 Å². The van der Waals surface area contributed by atoms with Crippen molar-refractivity contribution in [2.24, 2.45) is 0 Å². The molecule has 1 saturated heterocycles. The first-order valence-electron chi connectivity index (χ1n) is 5.02. The molecular formula is C11H12N2O2. The first kappa shape index (κ1) is 8.73. The van der Waals surface area contributed by atoms with Gasteiger partial charge in [0, 0.05) is 18.7 Å². The van der Waals surface area contributed by atoms with Crippen LogP contribution in [-0.4, -0.2) is 19.2 Å². The quantitative estimate of drug-likeness (QED) is 0.670. The zero-order valence-electron chi connectivity index (χ0n) is 8.46. The number of benzene rings is 1. The zero-order chi connectivity index (χ0) is 10.5. The second kappa shape index (κ2) is 2.73. The van der Waals surface area contributed by atoms with E-state index in [1.54, 1.807) is 0 Å². The van der Waals surface area contributed by atoms with Crippen LogP contribution in [-0.2, 0) is 10.3 Å². The number of hydrogen-bond acceptors (Lipinski definition) is 3. The van der Waals surface area contributed by atoms with Crippen molar-refractivity contribution >= 4 is 11.8 Å². The average Bonchev–Trinajstić information content (AvgIpc) is 2.16. The molecule has 1 aromatic carbocycles. The van der Waals surface area contributed by atoms with Crippen molar-refractivity contribution in [1.29, 1.82) is 0 Å². The van der Waals surface area contributed by atoms with Crippen LogP contribution in [0.25, 0.3) is 0 Å². The maximum atomic E-state index is 11.4. The number of nitrogens with one attached hydrogen (secondary N) is 2. The fourth-order valence-corrected chi connectivity index (χ4v) is 2.19. The fraction of sp³-hybridized carbons (Fsp3) is 0.364. The molecule has 4 nitrogen and oxygen atoms in total. The van der Waals surface area contributed by atoms with Gasteiger partial charge >= 0.3 is 6.09 Å². The number of hydrogen-bond donors (Lipinski definition) is 2. The summed E-state index contributed by atoms with van der Waals surface area (Å²) in [6, 6.07) is 6.00. The number of para-hydroxylation sites is 1. The van der Waals surface area contributed by atoms with Crippen LogP contribution in [0.2, 0.25) is 0 Å².